The van der Waals surface area contributed by atoms with Crippen LogP contribution in [0.15, 0.2) is 30.3 Å². The Morgan fingerprint density at radius 3 is 2.50 bits per heavy atom. The van der Waals surface area contributed by atoms with Gasteiger partial charge in [-0.2, -0.15) is 13.2 Å². The molecule has 0 atom stereocenters. The van der Waals surface area contributed by atoms with Gasteiger partial charge in [-0.15, -0.1) is 0 Å². The third-order valence-corrected chi connectivity index (χ3v) is 3.31. The lowest BCUT2D eigenvalue weighted by Crippen LogP contribution is -2.34. The molecule has 0 aliphatic carbocycles. The summed E-state index contributed by atoms with van der Waals surface area (Å²) < 4.78 is 38.2. The van der Waals surface area contributed by atoms with Gasteiger partial charge in [0.25, 0.3) is 0 Å². The van der Waals surface area contributed by atoms with E-state index in [4.69, 9.17) is 23.2 Å². The molecule has 3 N–H and O–H groups in total. The molecule has 0 aliphatic heterocycles. The molecule has 0 radical (unpaired) electrons. The van der Waals surface area contributed by atoms with Crippen molar-refractivity contribution in [2.24, 2.45) is 0 Å². The van der Waals surface area contributed by atoms with Crippen molar-refractivity contribution in [3.63, 3.8) is 0 Å². The maximum Gasteiger partial charge on any atom is 0.416 e. The number of aromatic nitrogens is 1. The standard InChI is InChI=1S/C14H11Cl2F3N4O/c1-7-4-8(14(17,18)19)5-12(20-7)22-23-13(24)21-11-3-2-9(15)6-10(11)16/h2-6H,1H3,(H,20,22)(H2,21,23,24). The van der Waals surface area contributed by atoms with Crippen LogP contribution in [0, 0.1) is 6.92 Å². The molecule has 0 bridgehead atoms. The predicted molar refractivity (Wildman–Crippen MR) is 86.2 cm³/mol. The minimum Gasteiger partial charge on any atom is -0.305 e. The number of carbonyl (C=O) groups excluding carboxylic acids is 1. The molecule has 128 valence electrons. The highest BCUT2D eigenvalue weighted by Gasteiger charge is 2.31. The molecule has 24 heavy (non-hydrogen) atoms. The van der Waals surface area contributed by atoms with E-state index in [0.29, 0.717) is 5.02 Å². The summed E-state index contributed by atoms with van der Waals surface area (Å²) in [6, 6.07) is 5.38. The average Bonchev–Trinajstić information content (AvgIpc) is 2.47. The number of rotatable bonds is 3. The van der Waals surface area contributed by atoms with Crippen LogP contribution in [-0.4, -0.2) is 11.0 Å². The van der Waals surface area contributed by atoms with Crippen molar-refractivity contribution < 1.29 is 18.0 Å². The molecule has 0 spiro atoms. The highest BCUT2D eigenvalue weighted by atomic mass is 35.5. The lowest BCUT2D eigenvalue weighted by molar-refractivity contribution is -0.137. The Labute approximate surface area is 145 Å². The molecule has 1 heterocycles. The SMILES string of the molecule is Cc1cc(C(F)(F)F)cc(NNC(=O)Nc2ccc(Cl)cc2Cl)n1. The van der Waals surface area contributed by atoms with Gasteiger partial charge in [-0.05, 0) is 37.3 Å². The van der Waals surface area contributed by atoms with Gasteiger partial charge in [0.05, 0.1) is 16.3 Å². The Morgan fingerprint density at radius 2 is 1.88 bits per heavy atom. The zero-order valence-electron chi connectivity index (χ0n) is 12.1. The van der Waals surface area contributed by atoms with Crippen LogP contribution < -0.4 is 16.2 Å². The van der Waals surface area contributed by atoms with Crippen molar-refractivity contribution >= 4 is 40.7 Å². The minimum atomic E-state index is -4.51. The number of carbonyl (C=O) groups is 1. The Morgan fingerprint density at radius 1 is 1.17 bits per heavy atom. The van der Waals surface area contributed by atoms with Crippen LogP contribution in [0.4, 0.5) is 29.5 Å². The molecule has 5 nitrogen and oxygen atoms in total. The molecule has 0 unspecified atom stereocenters. The lowest BCUT2D eigenvalue weighted by atomic mass is 10.2. The number of anilines is 2. The number of benzene rings is 1. The largest absolute Gasteiger partial charge is 0.416 e. The predicted octanol–water partition coefficient (Wildman–Crippen LogP) is 4.86. The van der Waals surface area contributed by atoms with Gasteiger partial charge < -0.3 is 5.32 Å². The fourth-order valence-corrected chi connectivity index (χ4v) is 2.22. The number of pyridine rings is 1. The van der Waals surface area contributed by atoms with E-state index in [9.17, 15) is 18.0 Å². The number of aryl methyl sites for hydroxylation is 1. The van der Waals surface area contributed by atoms with Gasteiger partial charge in [0.15, 0.2) is 0 Å². The van der Waals surface area contributed by atoms with Gasteiger partial charge in [0.1, 0.15) is 5.82 Å². The van der Waals surface area contributed by atoms with Gasteiger partial charge in [-0.3, -0.25) is 10.9 Å². The van der Waals surface area contributed by atoms with Gasteiger partial charge in [0.2, 0.25) is 0 Å². The van der Waals surface area contributed by atoms with Crippen molar-refractivity contribution in [2.45, 2.75) is 13.1 Å². The van der Waals surface area contributed by atoms with Crippen molar-refractivity contribution in [1.82, 2.24) is 10.4 Å². The third-order valence-electron chi connectivity index (χ3n) is 2.76. The lowest BCUT2D eigenvalue weighted by Gasteiger charge is -2.13. The summed E-state index contributed by atoms with van der Waals surface area (Å²) in [5.74, 6) is -0.153. The van der Waals surface area contributed by atoms with Gasteiger partial charge in [-0.1, -0.05) is 23.2 Å². The first-order valence-electron chi connectivity index (χ1n) is 6.49. The maximum absolute atomic E-state index is 12.7. The fourth-order valence-electron chi connectivity index (χ4n) is 1.76. The number of amides is 2. The molecule has 1 aromatic carbocycles. The van der Waals surface area contributed by atoms with Crippen LogP contribution in [0.3, 0.4) is 0 Å². The molecule has 0 fully saturated rings. The van der Waals surface area contributed by atoms with Gasteiger partial charge in [-0.25, -0.2) is 9.78 Å². The Bertz CT molecular complexity index is 768. The van der Waals surface area contributed by atoms with Crippen LogP contribution >= 0.6 is 23.2 Å². The van der Waals surface area contributed by atoms with E-state index in [1.807, 2.05) is 0 Å². The van der Waals surface area contributed by atoms with E-state index >= 15 is 0 Å². The van der Waals surface area contributed by atoms with E-state index in [1.54, 1.807) is 0 Å². The molecule has 2 aromatic rings. The van der Waals surface area contributed by atoms with Crippen LogP contribution in [0.25, 0.3) is 0 Å². The molecule has 0 saturated heterocycles. The second-order valence-electron chi connectivity index (χ2n) is 4.71. The first-order valence-corrected chi connectivity index (χ1v) is 7.24. The number of alkyl halides is 3. The van der Waals surface area contributed by atoms with Crippen molar-refractivity contribution in [3.05, 3.63) is 51.6 Å². The molecule has 1 aromatic heterocycles. The normalized spacial score (nSPS) is 11.1. The number of hydrazine groups is 1. The van der Waals surface area contributed by atoms with Crippen LogP contribution in [0.2, 0.25) is 10.0 Å². The second-order valence-corrected chi connectivity index (χ2v) is 5.55. The summed E-state index contributed by atoms with van der Waals surface area (Å²) >= 11 is 11.6. The molecule has 10 heteroatoms. The van der Waals surface area contributed by atoms with E-state index in [-0.39, 0.29) is 22.2 Å². The molecule has 0 aliphatic rings. The Hall–Kier alpha value is -2.19. The Kier molecular flexibility index (Phi) is 5.40. The Balaban J connectivity index is 2.02. The number of hydrogen-bond donors (Lipinski definition) is 3. The maximum atomic E-state index is 12.7. The first-order chi connectivity index (χ1) is 11.1. The number of hydrogen-bond acceptors (Lipinski definition) is 3. The molecular weight excluding hydrogens is 368 g/mol. The zero-order valence-corrected chi connectivity index (χ0v) is 13.6. The summed E-state index contributed by atoms with van der Waals surface area (Å²) in [5, 5.41) is 3.02. The zero-order chi connectivity index (χ0) is 17.9. The molecule has 2 amide bonds. The van der Waals surface area contributed by atoms with Crippen molar-refractivity contribution in [3.8, 4) is 0 Å². The monoisotopic (exact) mass is 378 g/mol. The minimum absolute atomic E-state index is 0.148. The third kappa shape index (κ3) is 4.90. The average molecular weight is 379 g/mol. The van der Waals surface area contributed by atoms with E-state index in [0.717, 1.165) is 12.1 Å². The van der Waals surface area contributed by atoms with Crippen LogP contribution in [0.1, 0.15) is 11.3 Å². The van der Waals surface area contributed by atoms with E-state index < -0.39 is 17.8 Å². The quantitative estimate of drug-likeness (QED) is 0.667. The molecule has 2 rings (SSSR count). The van der Waals surface area contributed by atoms with Gasteiger partial charge in [0, 0.05) is 10.7 Å². The first kappa shape index (κ1) is 18.2. The fraction of sp³-hybridized carbons (Fsp3) is 0.143. The van der Waals surface area contributed by atoms with Crippen LogP contribution in [0.5, 0.6) is 0 Å². The summed E-state index contributed by atoms with van der Waals surface area (Å²) in [7, 11) is 0. The second kappa shape index (κ2) is 7.14. The highest BCUT2D eigenvalue weighted by molar-refractivity contribution is 6.36. The summed E-state index contributed by atoms with van der Waals surface area (Å²) in [6.07, 6.45) is -4.51. The van der Waals surface area contributed by atoms with Crippen molar-refractivity contribution in [1.29, 1.82) is 0 Å². The number of nitrogens with zero attached hydrogens (tertiary/aromatic N) is 1. The highest BCUT2D eigenvalue weighted by Crippen LogP contribution is 2.30. The smallest absolute Gasteiger partial charge is 0.305 e. The topological polar surface area (TPSA) is 66.0 Å². The number of nitrogens with one attached hydrogen (secondary N) is 3. The van der Waals surface area contributed by atoms with E-state index in [2.05, 4.69) is 21.2 Å². The number of halogens is 5. The molecule has 0 saturated carbocycles. The van der Waals surface area contributed by atoms with Crippen molar-refractivity contribution in [2.75, 3.05) is 10.7 Å². The summed E-state index contributed by atoms with van der Waals surface area (Å²) in [5.41, 5.74) is 4.04. The number of urea groups is 1. The van der Waals surface area contributed by atoms with Crippen LogP contribution in [-0.2, 0) is 6.18 Å². The summed E-state index contributed by atoms with van der Waals surface area (Å²) in [6.45, 7) is 1.41. The molecular formula is C14H11Cl2F3N4O. The van der Waals surface area contributed by atoms with Gasteiger partial charge >= 0.3 is 12.2 Å². The summed E-state index contributed by atoms with van der Waals surface area (Å²) in [4.78, 5) is 15.6. The van der Waals surface area contributed by atoms with E-state index in [1.165, 1.54) is 25.1 Å².